The van der Waals surface area contributed by atoms with E-state index in [4.69, 9.17) is 9.47 Å². The van der Waals surface area contributed by atoms with E-state index in [1.54, 1.807) is 30.3 Å². The van der Waals surface area contributed by atoms with E-state index >= 15 is 0 Å². The molecule has 0 aromatic heterocycles. The number of piperidine rings is 1. The van der Waals surface area contributed by atoms with E-state index in [1.165, 1.54) is 37.6 Å². The van der Waals surface area contributed by atoms with Gasteiger partial charge in [0.15, 0.2) is 11.5 Å². The first-order chi connectivity index (χ1) is 15.2. The molecule has 0 unspecified atom stereocenters. The highest BCUT2D eigenvalue weighted by Gasteiger charge is 2.33. The molecule has 1 fully saturated rings. The Balaban J connectivity index is 1.73. The van der Waals surface area contributed by atoms with Crippen LogP contribution >= 0.6 is 0 Å². The summed E-state index contributed by atoms with van der Waals surface area (Å²) in [6.07, 6.45) is 1.14. The predicted octanol–water partition coefficient (Wildman–Crippen LogP) is 2.70. The fourth-order valence-corrected chi connectivity index (χ4v) is 5.16. The standard InChI is InChI=1S/C22H27N3O6S/c1-15(26)23-17-7-4-8-18(12-17)24-22(27)16-6-5-11-25(14-16)32(28,29)19-9-10-20(30-2)21(13-19)31-3/h4,7-10,12-13,16H,5-6,11,14H2,1-3H3,(H,23,26)(H,24,27)/t16-/m0/s1. The number of rotatable bonds is 7. The summed E-state index contributed by atoms with van der Waals surface area (Å²) >= 11 is 0. The van der Waals surface area contributed by atoms with Gasteiger partial charge in [-0.15, -0.1) is 0 Å². The monoisotopic (exact) mass is 461 g/mol. The highest BCUT2D eigenvalue weighted by Crippen LogP contribution is 2.32. The average Bonchev–Trinajstić information content (AvgIpc) is 2.78. The van der Waals surface area contributed by atoms with Crippen LogP contribution in [0, 0.1) is 5.92 Å². The van der Waals surface area contributed by atoms with Crippen LogP contribution in [0.2, 0.25) is 0 Å². The van der Waals surface area contributed by atoms with Crippen LogP contribution in [0.4, 0.5) is 11.4 Å². The fraction of sp³-hybridized carbons (Fsp3) is 0.364. The number of nitrogens with one attached hydrogen (secondary N) is 2. The van der Waals surface area contributed by atoms with Crippen LogP contribution in [0.15, 0.2) is 47.4 Å². The van der Waals surface area contributed by atoms with Gasteiger partial charge < -0.3 is 20.1 Å². The van der Waals surface area contributed by atoms with Crippen molar-refractivity contribution >= 4 is 33.2 Å². The van der Waals surface area contributed by atoms with Crippen molar-refractivity contribution in [3.05, 3.63) is 42.5 Å². The highest BCUT2D eigenvalue weighted by atomic mass is 32.2. The molecular weight excluding hydrogens is 434 g/mol. The minimum absolute atomic E-state index is 0.0773. The number of hydrogen-bond acceptors (Lipinski definition) is 6. The number of benzene rings is 2. The van der Waals surface area contributed by atoms with Crippen molar-refractivity contribution < 1.29 is 27.5 Å². The Labute approximate surface area is 187 Å². The summed E-state index contributed by atoms with van der Waals surface area (Å²) in [5.74, 6) is -0.222. The van der Waals surface area contributed by atoms with Crippen LogP contribution in [0.1, 0.15) is 19.8 Å². The maximum Gasteiger partial charge on any atom is 0.243 e. The summed E-state index contributed by atoms with van der Waals surface area (Å²) in [7, 11) is -0.890. The molecular formula is C22H27N3O6S. The summed E-state index contributed by atoms with van der Waals surface area (Å²) in [5, 5.41) is 5.49. The molecule has 2 aromatic carbocycles. The van der Waals surface area contributed by atoms with Crippen LogP contribution in [0.25, 0.3) is 0 Å². The topological polar surface area (TPSA) is 114 Å². The first kappa shape index (κ1) is 23.6. The van der Waals surface area contributed by atoms with E-state index in [0.717, 1.165) is 0 Å². The summed E-state index contributed by atoms with van der Waals surface area (Å²) in [4.78, 5) is 24.2. The molecule has 9 nitrogen and oxygen atoms in total. The lowest BCUT2D eigenvalue weighted by molar-refractivity contribution is -0.121. The lowest BCUT2D eigenvalue weighted by atomic mass is 9.98. The third kappa shape index (κ3) is 5.38. The molecule has 32 heavy (non-hydrogen) atoms. The molecule has 3 rings (SSSR count). The van der Waals surface area contributed by atoms with Gasteiger partial charge >= 0.3 is 0 Å². The Bertz CT molecular complexity index is 1100. The van der Waals surface area contributed by atoms with Gasteiger partial charge in [-0.1, -0.05) is 6.07 Å². The number of amides is 2. The number of ether oxygens (including phenoxy) is 2. The van der Waals surface area contributed by atoms with Crippen LogP contribution in [-0.2, 0) is 19.6 Å². The third-order valence-electron chi connectivity index (χ3n) is 5.20. The first-order valence-corrected chi connectivity index (χ1v) is 11.6. The van der Waals surface area contributed by atoms with Crippen LogP contribution < -0.4 is 20.1 Å². The van der Waals surface area contributed by atoms with Gasteiger partial charge in [0.05, 0.1) is 25.0 Å². The molecule has 1 aliphatic rings. The molecule has 0 saturated carbocycles. The van der Waals surface area contributed by atoms with Crippen molar-refractivity contribution in [2.24, 2.45) is 5.92 Å². The van der Waals surface area contributed by atoms with E-state index < -0.39 is 15.9 Å². The van der Waals surface area contributed by atoms with Gasteiger partial charge in [0.2, 0.25) is 21.8 Å². The normalized spacial score (nSPS) is 16.8. The molecule has 10 heteroatoms. The van der Waals surface area contributed by atoms with Crippen molar-refractivity contribution in [3.8, 4) is 11.5 Å². The number of anilines is 2. The van der Waals surface area contributed by atoms with Gasteiger partial charge in [0.1, 0.15) is 0 Å². The number of carbonyl (C=O) groups is 2. The maximum absolute atomic E-state index is 13.2. The van der Waals surface area contributed by atoms with Crippen molar-refractivity contribution in [2.45, 2.75) is 24.7 Å². The van der Waals surface area contributed by atoms with Crippen LogP contribution in [0.3, 0.4) is 0 Å². The number of hydrogen-bond donors (Lipinski definition) is 2. The third-order valence-corrected chi connectivity index (χ3v) is 7.06. The van der Waals surface area contributed by atoms with Gasteiger partial charge in [0, 0.05) is 37.5 Å². The Morgan fingerprint density at radius 3 is 2.34 bits per heavy atom. The second-order valence-electron chi connectivity index (χ2n) is 7.47. The quantitative estimate of drug-likeness (QED) is 0.655. The largest absolute Gasteiger partial charge is 0.493 e. The number of methoxy groups -OCH3 is 2. The lowest BCUT2D eigenvalue weighted by Gasteiger charge is -2.31. The van der Waals surface area contributed by atoms with Crippen molar-refractivity contribution in [3.63, 3.8) is 0 Å². The average molecular weight is 462 g/mol. The van der Waals surface area contributed by atoms with Gasteiger partial charge in [0.25, 0.3) is 0 Å². The summed E-state index contributed by atoms with van der Waals surface area (Å²) in [6, 6.07) is 11.2. The van der Waals surface area contributed by atoms with Crippen molar-refractivity contribution in [1.29, 1.82) is 0 Å². The summed E-state index contributed by atoms with van der Waals surface area (Å²) in [5.41, 5.74) is 1.10. The second-order valence-corrected chi connectivity index (χ2v) is 9.41. The van der Waals surface area contributed by atoms with E-state index in [1.807, 2.05) is 0 Å². The second kappa shape index (κ2) is 10.0. The zero-order valence-electron chi connectivity index (χ0n) is 18.3. The highest BCUT2D eigenvalue weighted by molar-refractivity contribution is 7.89. The smallest absolute Gasteiger partial charge is 0.243 e. The minimum atomic E-state index is -3.81. The lowest BCUT2D eigenvalue weighted by Crippen LogP contribution is -2.43. The Kier molecular flexibility index (Phi) is 7.37. The molecule has 0 aliphatic carbocycles. The first-order valence-electron chi connectivity index (χ1n) is 10.2. The molecule has 0 radical (unpaired) electrons. The van der Waals surface area contributed by atoms with Crippen LogP contribution in [0.5, 0.6) is 11.5 Å². The maximum atomic E-state index is 13.2. The summed E-state index contributed by atoms with van der Waals surface area (Å²) in [6.45, 7) is 1.81. The minimum Gasteiger partial charge on any atom is -0.493 e. The van der Waals surface area contributed by atoms with Gasteiger partial charge in [-0.05, 0) is 43.2 Å². The molecule has 1 atom stereocenters. The van der Waals surface area contributed by atoms with E-state index in [9.17, 15) is 18.0 Å². The Morgan fingerprint density at radius 1 is 1.00 bits per heavy atom. The van der Waals surface area contributed by atoms with Crippen molar-refractivity contribution in [1.82, 2.24) is 4.31 Å². The zero-order valence-corrected chi connectivity index (χ0v) is 19.1. The fourth-order valence-electron chi connectivity index (χ4n) is 3.62. The van der Waals surface area contributed by atoms with E-state index in [2.05, 4.69) is 10.6 Å². The Morgan fingerprint density at radius 2 is 1.69 bits per heavy atom. The molecule has 2 amide bonds. The molecule has 2 N–H and O–H groups in total. The Hall–Kier alpha value is -3.11. The van der Waals surface area contributed by atoms with E-state index in [0.29, 0.717) is 42.3 Å². The molecule has 172 valence electrons. The van der Waals surface area contributed by atoms with Gasteiger partial charge in [-0.2, -0.15) is 4.31 Å². The molecule has 1 heterocycles. The summed E-state index contributed by atoms with van der Waals surface area (Å²) < 4.78 is 38.1. The number of carbonyl (C=O) groups excluding carboxylic acids is 2. The number of sulfonamides is 1. The molecule has 1 aliphatic heterocycles. The number of nitrogens with zero attached hydrogens (tertiary/aromatic N) is 1. The molecule has 2 aromatic rings. The molecule has 0 bridgehead atoms. The van der Waals surface area contributed by atoms with E-state index in [-0.39, 0.29) is 23.3 Å². The molecule has 1 saturated heterocycles. The van der Waals surface area contributed by atoms with Gasteiger partial charge in [-0.25, -0.2) is 8.42 Å². The zero-order chi connectivity index (χ0) is 23.3. The van der Waals surface area contributed by atoms with Crippen LogP contribution in [-0.4, -0.2) is 51.8 Å². The van der Waals surface area contributed by atoms with Gasteiger partial charge in [-0.3, -0.25) is 9.59 Å². The predicted molar refractivity (Wildman–Crippen MR) is 120 cm³/mol. The molecule has 0 spiro atoms. The SMILES string of the molecule is COc1ccc(S(=O)(=O)N2CCC[C@H](C(=O)Nc3cccc(NC(C)=O)c3)C2)cc1OC. The van der Waals surface area contributed by atoms with Crippen molar-refractivity contribution in [2.75, 3.05) is 37.9 Å².